The highest BCUT2D eigenvalue weighted by atomic mass is 35.5. The molecule has 178 valence electrons. The molecule has 3 aromatic carbocycles. The van der Waals surface area contributed by atoms with Crippen LogP contribution in [0, 0.1) is 25.2 Å². The summed E-state index contributed by atoms with van der Waals surface area (Å²) in [4.78, 5) is 24.8. The minimum Gasteiger partial charge on any atom is -0.481 e. The van der Waals surface area contributed by atoms with Crippen LogP contribution >= 0.6 is 34.8 Å². The van der Waals surface area contributed by atoms with E-state index in [0.29, 0.717) is 22.0 Å². The van der Waals surface area contributed by atoms with Gasteiger partial charge in [-0.25, -0.2) is 0 Å². The molecule has 0 heterocycles. The third kappa shape index (κ3) is 7.00. The number of hydrogen-bond donors (Lipinski definition) is 2. The largest absolute Gasteiger partial charge is 0.481 e. The van der Waals surface area contributed by atoms with E-state index in [1.54, 1.807) is 30.3 Å². The van der Waals surface area contributed by atoms with Crippen LogP contribution in [-0.2, 0) is 9.59 Å². The lowest BCUT2D eigenvalue weighted by atomic mass is 10.1. The zero-order chi connectivity index (χ0) is 25.5. The maximum Gasteiger partial charge on any atom is 0.266 e. The number of ether oxygens (including phenoxy) is 1. The van der Waals surface area contributed by atoms with E-state index < -0.39 is 5.91 Å². The molecule has 2 N–H and O–H groups in total. The first kappa shape index (κ1) is 26.1. The van der Waals surface area contributed by atoms with Gasteiger partial charge in [0.05, 0.1) is 20.8 Å². The number of carbonyl (C=O) groups is 2. The standard InChI is InChI=1S/C26H20Cl3N3O3/c1-15-7-8-19(9-16(15)2)31-24(33)14-35-25-21(28)11-17(12-22(25)29)10-18(13-30)26(34)32-23-6-4-3-5-20(23)27/h3-12H,14H2,1-2H3,(H,31,33)(H,32,34)/b18-10+. The number of para-hydroxylation sites is 1. The summed E-state index contributed by atoms with van der Waals surface area (Å²) >= 11 is 18.7. The Kier molecular flexibility index (Phi) is 8.78. The van der Waals surface area contributed by atoms with E-state index in [4.69, 9.17) is 39.5 Å². The van der Waals surface area contributed by atoms with Crippen molar-refractivity contribution in [1.82, 2.24) is 0 Å². The maximum absolute atomic E-state index is 12.5. The summed E-state index contributed by atoms with van der Waals surface area (Å²) in [6, 6.07) is 17.0. The van der Waals surface area contributed by atoms with Crippen molar-refractivity contribution in [2.45, 2.75) is 13.8 Å². The molecule has 0 aliphatic rings. The number of hydrogen-bond acceptors (Lipinski definition) is 4. The molecule has 2 amide bonds. The summed E-state index contributed by atoms with van der Waals surface area (Å²) in [5.74, 6) is -0.914. The summed E-state index contributed by atoms with van der Waals surface area (Å²) in [7, 11) is 0. The minimum atomic E-state index is -0.642. The van der Waals surface area contributed by atoms with E-state index in [1.807, 2.05) is 32.0 Å². The van der Waals surface area contributed by atoms with Gasteiger partial charge in [-0.3, -0.25) is 9.59 Å². The molecule has 0 aliphatic heterocycles. The molecule has 9 heteroatoms. The second-order valence-corrected chi connectivity index (χ2v) is 8.77. The van der Waals surface area contributed by atoms with Gasteiger partial charge in [0.2, 0.25) is 0 Å². The van der Waals surface area contributed by atoms with Gasteiger partial charge >= 0.3 is 0 Å². The van der Waals surface area contributed by atoms with Gasteiger partial charge in [0.15, 0.2) is 12.4 Å². The van der Waals surface area contributed by atoms with Crippen LogP contribution < -0.4 is 15.4 Å². The first-order chi connectivity index (χ1) is 16.7. The van der Waals surface area contributed by atoms with Crippen molar-refractivity contribution in [2.75, 3.05) is 17.2 Å². The second-order valence-electron chi connectivity index (χ2n) is 7.55. The molecule has 0 unspecified atom stereocenters. The second kappa shape index (κ2) is 11.8. The monoisotopic (exact) mass is 527 g/mol. The SMILES string of the molecule is Cc1ccc(NC(=O)COc2c(Cl)cc(/C=C(\C#N)C(=O)Nc3ccccc3Cl)cc2Cl)cc1C. The van der Waals surface area contributed by atoms with Gasteiger partial charge in [0.25, 0.3) is 11.8 Å². The fourth-order valence-electron chi connectivity index (χ4n) is 3.02. The number of halogens is 3. The molecule has 0 saturated heterocycles. The molecule has 0 fully saturated rings. The number of nitriles is 1. The van der Waals surface area contributed by atoms with Crippen molar-refractivity contribution in [3.8, 4) is 11.8 Å². The molecule has 0 atom stereocenters. The normalized spacial score (nSPS) is 10.9. The smallest absolute Gasteiger partial charge is 0.266 e. The van der Waals surface area contributed by atoms with Crippen LogP contribution in [0.25, 0.3) is 6.08 Å². The molecule has 0 aromatic heterocycles. The average Bonchev–Trinajstić information content (AvgIpc) is 2.80. The lowest BCUT2D eigenvalue weighted by Crippen LogP contribution is -2.20. The molecule has 0 bridgehead atoms. The number of benzene rings is 3. The molecule has 3 rings (SSSR count). The van der Waals surface area contributed by atoms with Crippen LogP contribution in [0.5, 0.6) is 5.75 Å². The predicted octanol–water partition coefficient (Wildman–Crippen LogP) is 6.83. The summed E-state index contributed by atoms with van der Waals surface area (Å²) in [6.45, 7) is 3.62. The predicted molar refractivity (Wildman–Crippen MR) is 140 cm³/mol. The molecule has 0 radical (unpaired) electrons. The zero-order valence-electron chi connectivity index (χ0n) is 18.8. The Morgan fingerprint density at radius 2 is 1.63 bits per heavy atom. The summed E-state index contributed by atoms with van der Waals surface area (Å²) in [6.07, 6.45) is 1.33. The van der Waals surface area contributed by atoms with E-state index in [2.05, 4.69) is 10.6 Å². The Morgan fingerprint density at radius 3 is 2.26 bits per heavy atom. The van der Waals surface area contributed by atoms with Crippen LogP contribution in [0.4, 0.5) is 11.4 Å². The van der Waals surface area contributed by atoms with Crippen molar-refractivity contribution >= 4 is 64.1 Å². The molecular formula is C26H20Cl3N3O3. The number of carbonyl (C=O) groups excluding carboxylic acids is 2. The summed E-state index contributed by atoms with van der Waals surface area (Å²) in [5, 5.41) is 15.4. The van der Waals surface area contributed by atoms with Crippen LogP contribution in [0.15, 0.2) is 60.2 Å². The highest BCUT2D eigenvalue weighted by Gasteiger charge is 2.15. The summed E-state index contributed by atoms with van der Waals surface area (Å²) < 4.78 is 5.53. The number of nitrogens with one attached hydrogen (secondary N) is 2. The fraction of sp³-hybridized carbons (Fsp3) is 0.115. The molecule has 6 nitrogen and oxygen atoms in total. The quantitative estimate of drug-likeness (QED) is 0.260. The molecule has 35 heavy (non-hydrogen) atoms. The van der Waals surface area contributed by atoms with Gasteiger partial charge < -0.3 is 15.4 Å². The number of aryl methyl sites for hydroxylation is 2. The Hall–Kier alpha value is -3.50. The Labute approximate surface area is 218 Å². The number of amides is 2. The van der Waals surface area contributed by atoms with Crippen molar-refractivity contribution in [1.29, 1.82) is 5.26 Å². The van der Waals surface area contributed by atoms with Crippen LogP contribution in [0.1, 0.15) is 16.7 Å². The van der Waals surface area contributed by atoms with E-state index in [1.165, 1.54) is 18.2 Å². The van der Waals surface area contributed by atoms with Crippen molar-refractivity contribution in [3.05, 3.63) is 91.9 Å². The molecule has 3 aromatic rings. The first-order valence-electron chi connectivity index (χ1n) is 10.3. The molecule has 0 saturated carbocycles. The van der Waals surface area contributed by atoms with Crippen molar-refractivity contribution in [2.24, 2.45) is 0 Å². The molecule has 0 aliphatic carbocycles. The van der Waals surface area contributed by atoms with Gasteiger partial charge in [0, 0.05) is 5.69 Å². The average molecular weight is 529 g/mol. The van der Waals surface area contributed by atoms with E-state index in [-0.39, 0.29) is 33.9 Å². The Morgan fingerprint density at radius 1 is 0.943 bits per heavy atom. The van der Waals surface area contributed by atoms with E-state index in [0.717, 1.165) is 11.1 Å². The summed E-state index contributed by atoms with van der Waals surface area (Å²) in [5.41, 5.74) is 3.41. The first-order valence-corrected chi connectivity index (χ1v) is 11.5. The van der Waals surface area contributed by atoms with Crippen molar-refractivity contribution in [3.63, 3.8) is 0 Å². The number of nitrogens with zero attached hydrogens (tertiary/aromatic N) is 1. The zero-order valence-corrected chi connectivity index (χ0v) is 21.1. The van der Waals surface area contributed by atoms with Crippen LogP contribution in [0.2, 0.25) is 15.1 Å². The van der Waals surface area contributed by atoms with Crippen molar-refractivity contribution < 1.29 is 14.3 Å². The third-order valence-corrected chi connectivity index (χ3v) is 5.85. The van der Waals surface area contributed by atoms with E-state index >= 15 is 0 Å². The lowest BCUT2D eigenvalue weighted by molar-refractivity contribution is -0.118. The van der Waals surface area contributed by atoms with Crippen LogP contribution in [0.3, 0.4) is 0 Å². The van der Waals surface area contributed by atoms with E-state index in [9.17, 15) is 14.9 Å². The number of anilines is 2. The van der Waals surface area contributed by atoms with Gasteiger partial charge in [-0.2, -0.15) is 5.26 Å². The van der Waals surface area contributed by atoms with Gasteiger partial charge in [-0.15, -0.1) is 0 Å². The Balaban J connectivity index is 1.70. The third-order valence-electron chi connectivity index (χ3n) is 4.96. The van der Waals surface area contributed by atoms with Gasteiger partial charge in [-0.05, 0) is 73.0 Å². The Bertz CT molecular complexity index is 1340. The number of rotatable bonds is 7. The minimum absolute atomic E-state index is 0.111. The highest BCUT2D eigenvalue weighted by Crippen LogP contribution is 2.35. The molecular weight excluding hydrogens is 509 g/mol. The fourth-order valence-corrected chi connectivity index (χ4v) is 3.82. The topological polar surface area (TPSA) is 91.2 Å². The highest BCUT2D eigenvalue weighted by molar-refractivity contribution is 6.37. The van der Waals surface area contributed by atoms with Gasteiger partial charge in [-0.1, -0.05) is 53.0 Å². The van der Waals surface area contributed by atoms with Crippen LogP contribution in [-0.4, -0.2) is 18.4 Å². The van der Waals surface area contributed by atoms with Gasteiger partial charge in [0.1, 0.15) is 11.6 Å². The molecule has 0 spiro atoms. The lowest BCUT2D eigenvalue weighted by Gasteiger charge is -2.12. The maximum atomic E-state index is 12.5.